The van der Waals surface area contributed by atoms with E-state index in [0.29, 0.717) is 12.5 Å². The minimum absolute atomic E-state index is 0.0197. The van der Waals surface area contributed by atoms with Gasteiger partial charge < -0.3 is 9.47 Å². The monoisotopic (exact) mass is 186 g/mol. The average molecular weight is 186 g/mol. The molecule has 1 aliphatic heterocycles. The summed E-state index contributed by atoms with van der Waals surface area (Å²) in [5.41, 5.74) is 0. The maximum Gasteiger partial charge on any atom is 0.201 e. The number of hydrogen-bond acceptors (Lipinski definition) is 4. The van der Waals surface area contributed by atoms with Crippen LogP contribution >= 0.6 is 0 Å². The van der Waals surface area contributed by atoms with Gasteiger partial charge in [-0.05, 0) is 5.92 Å². The summed E-state index contributed by atoms with van der Waals surface area (Å²) in [6, 6.07) is 0.170. The molecule has 0 saturated carbocycles. The third kappa shape index (κ3) is 2.42. The molecule has 1 rings (SSSR count). The Bertz CT molecular complexity index is 192. The summed E-state index contributed by atoms with van der Waals surface area (Å²) in [7, 11) is 3.34. The van der Waals surface area contributed by atoms with Crippen LogP contribution in [0.4, 0.5) is 0 Å². The number of nitrogens with one attached hydrogen (secondary N) is 1. The summed E-state index contributed by atoms with van der Waals surface area (Å²) in [4.78, 5) is 4.31. The first-order valence-corrected chi connectivity index (χ1v) is 4.56. The van der Waals surface area contributed by atoms with Gasteiger partial charge >= 0.3 is 0 Å². The Morgan fingerprint density at radius 3 is 2.62 bits per heavy atom. The quantitative estimate of drug-likeness (QED) is 0.688. The average Bonchev–Trinajstić information content (AvgIpc) is 2.16. The molecule has 0 aromatic heterocycles. The first-order chi connectivity index (χ1) is 6.19. The summed E-state index contributed by atoms with van der Waals surface area (Å²) in [6.45, 7) is 4.89. The van der Waals surface area contributed by atoms with Crippen LogP contribution in [0.1, 0.15) is 13.8 Å². The van der Waals surface area contributed by atoms with Crippen LogP contribution in [0.25, 0.3) is 0 Å². The highest BCUT2D eigenvalue weighted by molar-refractivity contribution is 5.82. The molecule has 0 bridgehead atoms. The minimum atomic E-state index is 0.0197. The van der Waals surface area contributed by atoms with Crippen LogP contribution in [0.15, 0.2) is 4.99 Å². The molecule has 0 aromatic carbocycles. The van der Waals surface area contributed by atoms with Crippen molar-refractivity contribution in [3.8, 4) is 0 Å². The van der Waals surface area contributed by atoms with Gasteiger partial charge in [-0.2, -0.15) is 0 Å². The molecule has 0 spiro atoms. The minimum Gasteiger partial charge on any atom is -0.483 e. The lowest BCUT2D eigenvalue weighted by molar-refractivity contribution is 0.0625. The lowest BCUT2D eigenvalue weighted by Gasteiger charge is -2.31. The second-order valence-electron chi connectivity index (χ2n) is 3.50. The normalized spacial score (nSPS) is 28.8. The van der Waals surface area contributed by atoms with Crippen LogP contribution in [-0.4, -0.2) is 38.9 Å². The lowest BCUT2D eigenvalue weighted by Crippen LogP contribution is -2.52. The fourth-order valence-corrected chi connectivity index (χ4v) is 1.41. The maximum absolute atomic E-state index is 5.19. The highest BCUT2D eigenvalue weighted by atomic mass is 16.5. The molecule has 1 aliphatic rings. The van der Waals surface area contributed by atoms with E-state index in [9.17, 15) is 0 Å². The first kappa shape index (κ1) is 10.5. The fourth-order valence-electron chi connectivity index (χ4n) is 1.41. The van der Waals surface area contributed by atoms with Gasteiger partial charge in [0.25, 0.3) is 0 Å². The summed E-state index contributed by atoms with van der Waals surface area (Å²) in [5.74, 6) is 1.24. The lowest BCUT2D eigenvalue weighted by atomic mass is 10.0. The van der Waals surface area contributed by atoms with Crippen LogP contribution in [0.2, 0.25) is 0 Å². The molecule has 1 N–H and O–H groups in total. The van der Waals surface area contributed by atoms with E-state index in [1.807, 2.05) is 0 Å². The zero-order chi connectivity index (χ0) is 9.84. The van der Waals surface area contributed by atoms with E-state index in [0.717, 1.165) is 5.90 Å². The molecule has 0 aromatic rings. The Morgan fingerprint density at radius 2 is 2.15 bits per heavy atom. The number of rotatable bonds is 2. The molecule has 4 heteroatoms. The maximum atomic E-state index is 5.19. The predicted octanol–water partition coefficient (Wildman–Crippen LogP) is 0.632. The molecule has 1 heterocycles. The topological polar surface area (TPSA) is 42.9 Å². The molecule has 4 nitrogen and oxygen atoms in total. The highest BCUT2D eigenvalue weighted by Crippen LogP contribution is 2.10. The second kappa shape index (κ2) is 4.58. The van der Waals surface area contributed by atoms with E-state index in [1.54, 1.807) is 14.2 Å². The smallest absolute Gasteiger partial charge is 0.201 e. The molecule has 1 unspecified atom stereocenters. The summed E-state index contributed by atoms with van der Waals surface area (Å²) in [6.07, 6.45) is 0.0197. The van der Waals surface area contributed by atoms with Gasteiger partial charge in [-0.3, -0.25) is 10.3 Å². The molecular weight excluding hydrogens is 168 g/mol. The van der Waals surface area contributed by atoms with Crippen molar-refractivity contribution in [2.45, 2.75) is 26.1 Å². The van der Waals surface area contributed by atoms with Crippen LogP contribution in [-0.2, 0) is 9.47 Å². The van der Waals surface area contributed by atoms with Gasteiger partial charge in [-0.15, -0.1) is 0 Å². The zero-order valence-corrected chi connectivity index (χ0v) is 8.70. The molecule has 76 valence electrons. The Morgan fingerprint density at radius 1 is 1.46 bits per heavy atom. The van der Waals surface area contributed by atoms with Crippen molar-refractivity contribution in [1.82, 2.24) is 5.32 Å². The summed E-state index contributed by atoms with van der Waals surface area (Å²) < 4.78 is 10.4. The Labute approximate surface area is 79.3 Å². The highest BCUT2D eigenvalue weighted by Gasteiger charge is 2.27. The number of methoxy groups -OCH3 is 2. The van der Waals surface area contributed by atoms with Crippen molar-refractivity contribution >= 4 is 5.90 Å². The van der Waals surface area contributed by atoms with Gasteiger partial charge in [-0.1, -0.05) is 13.8 Å². The van der Waals surface area contributed by atoms with Crippen molar-refractivity contribution in [3.63, 3.8) is 0 Å². The molecule has 0 fully saturated rings. The standard InChI is InChI=1S/C9H18N2O2/c1-6(2)8-9(13-4)10-5-7(11-8)12-3/h6-8,11H,5H2,1-4H3/t7?,8-/m0/s1. The number of aliphatic imine (C=N–C) groups is 1. The zero-order valence-electron chi connectivity index (χ0n) is 8.70. The molecule has 13 heavy (non-hydrogen) atoms. The molecule has 0 aliphatic carbocycles. The van der Waals surface area contributed by atoms with Crippen molar-refractivity contribution in [1.29, 1.82) is 0 Å². The molecule has 0 amide bonds. The van der Waals surface area contributed by atoms with Crippen LogP contribution in [0, 0.1) is 5.92 Å². The third-order valence-electron chi connectivity index (χ3n) is 2.20. The van der Waals surface area contributed by atoms with E-state index in [2.05, 4.69) is 24.2 Å². The van der Waals surface area contributed by atoms with E-state index in [4.69, 9.17) is 9.47 Å². The number of hydrogen-bond donors (Lipinski definition) is 1. The van der Waals surface area contributed by atoms with Gasteiger partial charge in [0.2, 0.25) is 5.90 Å². The summed E-state index contributed by atoms with van der Waals surface area (Å²) in [5, 5.41) is 3.33. The SMILES string of the molecule is COC1=NCC(OC)N[C@H]1C(C)C. The fraction of sp³-hybridized carbons (Fsp3) is 0.889. The number of nitrogens with zero attached hydrogens (tertiary/aromatic N) is 1. The van der Waals surface area contributed by atoms with Crippen molar-refractivity contribution in [2.75, 3.05) is 20.8 Å². The summed E-state index contributed by atoms with van der Waals surface area (Å²) >= 11 is 0. The molecule has 0 radical (unpaired) electrons. The van der Waals surface area contributed by atoms with Gasteiger partial charge in [0.05, 0.1) is 19.7 Å². The van der Waals surface area contributed by atoms with Gasteiger partial charge in [-0.25, -0.2) is 0 Å². The van der Waals surface area contributed by atoms with E-state index in [-0.39, 0.29) is 12.3 Å². The second-order valence-corrected chi connectivity index (χ2v) is 3.50. The van der Waals surface area contributed by atoms with Crippen molar-refractivity contribution in [2.24, 2.45) is 10.9 Å². The van der Waals surface area contributed by atoms with Crippen LogP contribution in [0.3, 0.4) is 0 Å². The molecule has 2 atom stereocenters. The number of ether oxygens (including phenoxy) is 2. The van der Waals surface area contributed by atoms with Gasteiger partial charge in [0.1, 0.15) is 6.23 Å². The van der Waals surface area contributed by atoms with Crippen molar-refractivity contribution in [3.05, 3.63) is 0 Å². The van der Waals surface area contributed by atoms with Crippen LogP contribution < -0.4 is 5.32 Å². The Kier molecular flexibility index (Phi) is 3.69. The van der Waals surface area contributed by atoms with Gasteiger partial charge in [0, 0.05) is 7.11 Å². The third-order valence-corrected chi connectivity index (χ3v) is 2.20. The van der Waals surface area contributed by atoms with Gasteiger partial charge in [0.15, 0.2) is 0 Å². The van der Waals surface area contributed by atoms with Crippen LogP contribution in [0.5, 0.6) is 0 Å². The first-order valence-electron chi connectivity index (χ1n) is 4.56. The Balaban J connectivity index is 2.67. The van der Waals surface area contributed by atoms with E-state index in [1.165, 1.54) is 0 Å². The van der Waals surface area contributed by atoms with Crippen molar-refractivity contribution < 1.29 is 9.47 Å². The largest absolute Gasteiger partial charge is 0.483 e. The van der Waals surface area contributed by atoms with E-state index >= 15 is 0 Å². The predicted molar refractivity (Wildman–Crippen MR) is 51.9 cm³/mol. The Hall–Kier alpha value is -0.610. The molecular formula is C9H18N2O2. The molecule has 0 saturated heterocycles. The van der Waals surface area contributed by atoms with E-state index < -0.39 is 0 Å².